The van der Waals surface area contributed by atoms with E-state index in [4.69, 9.17) is 4.52 Å². The Kier molecular flexibility index (Phi) is 3.37. The Labute approximate surface area is 76.0 Å². The standard InChI is InChI=1S/C8H11N3O2/c1-11(2)4-3-7-5-8(9-6-12)13-10-7/h5H,3-4H2,1-2H3. The van der Waals surface area contributed by atoms with Gasteiger partial charge in [0.05, 0.1) is 5.69 Å². The maximum Gasteiger partial charge on any atom is 0.261 e. The van der Waals surface area contributed by atoms with Gasteiger partial charge in [0, 0.05) is 19.0 Å². The van der Waals surface area contributed by atoms with Crippen molar-refractivity contribution in [1.29, 1.82) is 0 Å². The molecule has 13 heavy (non-hydrogen) atoms. The first kappa shape index (κ1) is 9.64. The smallest absolute Gasteiger partial charge is 0.261 e. The predicted octanol–water partition coefficient (Wildman–Crippen LogP) is 0.746. The van der Waals surface area contributed by atoms with Gasteiger partial charge < -0.3 is 9.42 Å². The van der Waals surface area contributed by atoms with Crippen molar-refractivity contribution < 1.29 is 9.32 Å². The van der Waals surface area contributed by atoms with Gasteiger partial charge in [-0.05, 0) is 14.1 Å². The fraction of sp³-hybridized carbons (Fsp3) is 0.500. The van der Waals surface area contributed by atoms with Crippen molar-refractivity contribution >= 4 is 12.0 Å². The van der Waals surface area contributed by atoms with Crippen LogP contribution in [0.3, 0.4) is 0 Å². The van der Waals surface area contributed by atoms with E-state index in [1.54, 1.807) is 6.07 Å². The zero-order valence-corrected chi connectivity index (χ0v) is 7.65. The van der Waals surface area contributed by atoms with Crippen LogP contribution in [0.4, 0.5) is 5.88 Å². The summed E-state index contributed by atoms with van der Waals surface area (Å²) in [6.45, 7) is 0.886. The molecule has 70 valence electrons. The maximum atomic E-state index is 9.86. The molecule has 5 nitrogen and oxygen atoms in total. The van der Waals surface area contributed by atoms with Crippen LogP contribution in [0.25, 0.3) is 0 Å². The van der Waals surface area contributed by atoms with Gasteiger partial charge in [0.1, 0.15) is 0 Å². The van der Waals surface area contributed by atoms with Gasteiger partial charge in [0.15, 0.2) is 0 Å². The third-order valence-electron chi connectivity index (χ3n) is 1.52. The molecule has 0 amide bonds. The van der Waals surface area contributed by atoms with E-state index >= 15 is 0 Å². The Hall–Kier alpha value is -1.45. The van der Waals surface area contributed by atoms with E-state index in [1.165, 1.54) is 6.08 Å². The topological polar surface area (TPSA) is 58.7 Å². The van der Waals surface area contributed by atoms with Crippen LogP contribution in [0, 0.1) is 0 Å². The van der Waals surface area contributed by atoms with Crippen LogP contribution < -0.4 is 0 Å². The second-order valence-corrected chi connectivity index (χ2v) is 2.91. The number of aromatic nitrogens is 1. The summed E-state index contributed by atoms with van der Waals surface area (Å²) in [5, 5.41) is 3.73. The van der Waals surface area contributed by atoms with E-state index in [2.05, 4.69) is 10.1 Å². The van der Waals surface area contributed by atoms with Crippen LogP contribution in [0.2, 0.25) is 0 Å². The van der Waals surface area contributed by atoms with Crippen molar-refractivity contribution in [3.8, 4) is 0 Å². The molecule has 0 radical (unpaired) electrons. The molecule has 0 saturated carbocycles. The Morgan fingerprint density at radius 1 is 1.69 bits per heavy atom. The molecule has 5 heteroatoms. The van der Waals surface area contributed by atoms with Crippen molar-refractivity contribution in [3.05, 3.63) is 11.8 Å². The molecule has 0 unspecified atom stereocenters. The molecular formula is C8H11N3O2. The summed E-state index contributed by atoms with van der Waals surface area (Å²) in [6, 6.07) is 1.63. The summed E-state index contributed by atoms with van der Waals surface area (Å²) in [5.74, 6) is 0.212. The highest BCUT2D eigenvalue weighted by atomic mass is 16.5. The molecule has 0 bridgehead atoms. The summed E-state index contributed by atoms with van der Waals surface area (Å²) in [5.41, 5.74) is 0.794. The average Bonchev–Trinajstić information content (AvgIpc) is 2.50. The monoisotopic (exact) mass is 181 g/mol. The molecule has 1 heterocycles. The quantitative estimate of drug-likeness (QED) is 0.508. The van der Waals surface area contributed by atoms with Gasteiger partial charge in [0.25, 0.3) is 5.88 Å². The van der Waals surface area contributed by atoms with Gasteiger partial charge in [-0.3, -0.25) is 0 Å². The van der Waals surface area contributed by atoms with Crippen LogP contribution in [-0.4, -0.2) is 36.8 Å². The number of carbonyl (C=O) groups excluding carboxylic acids is 1. The first-order valence-electron chi connectivity index (χ1n) is 3.90. The Morgan fingerprint density at radius 3 is 3.08 bits per heavy atom. The van der Waals surface area contributed by atoms with Crippen LogP contribution in [0.1, 0.15) is 5.69 Å². The summed E-state index contributed by atoms with van der Waals surface area (Å²) in [7, 11) is 3.95. The fourth-order valence-corrected chi connectivity index (χ4v) is 0.854. The number of nitrogens with zero attached hydrogens (tertiary/aromatic N) is 3. The first-order chi connectivity index (χ1) is 6.22. The number of hydrogen-bond acceptors (Lipinski definition) is 5. The molecule has 0 aromatic carbocycles. The Bertz CT molecular complexity index is 313. The lowest BCUT2D eigenvalue weighted by Crippen LogP contribution is -2.15. The number of aliphatic imine (C=N–C) groups is 1. The van der Waals surface area contributed by atoms with Gasteiger partial charge in [-0.1, -0.05) is 5.16 Å². The molecule has 1 rings (SSSR count). The van der Waals surface area contributed by atoms with E-state index in [0.29, 0.717) is 0 Å². The van der Waals surface area contributed by atoms with E-state index in [9.17, 15) is 4.79 Å². The maximum absolute atomic E-state index is 9.86. The van der Waals surface area contributed by atoms with Crippen LogP contribution in [-0.2, 0) is 11.2 Å². The first-order valence-corrected chi connectivity index (χ1v) is 3.90. The average molecular weight is 181 g/mol. The summed E-state index contributed by atoms with van der Waals surface area (Å²) < 4.78 is 4.74. The number of rotatable bonds is 4. The largest absolute Gasteiger partial charge is 0.335 e. The predicted molar refractivity (Wildman–Crippen MR) is 46.5 cm³/mol. The molecule has 0 spiro atoms. The molecule has 0 aliphatic rings. The van der Waals surface area contributed by atoms with Gasteiger partial charge in [-0.2, -0.15) is 0 Å². The summed E-state index contributed by atoms with van der Waals surface area (Å²) in [4.78, 5) is 15.2. The highest BCUT2D eigenvalue weighted by molar-refractivity contribution is 5.42. The van der Waals surface area contributed by atoms with E-state index in [1.807, 2.05) is 19.0 Å². The van der Waals surface area contributed by atoms with Gasteiger partial charge in [-0.25, -0.2) is 4.79 Å². The molecule has 1 aromatic heterocycles. The minimum Gasteiger partial charge on any atom is -0.335 e. The van der Waals surface area contributed by atoms with E-state index in [0.717, 1.165) is 18.7 Å². The Morgan fingerprint density at radius 2 is 2.46 bits per heavy atom. The van der Waals surface area contributed by atoms with Crippen molar-refractivity contribution in [2.24, 2.45) is 4.99 Å². The third-order valence-corrected chi connectivity index (χ3v) is 1.52. The van der Waals surface area contributed by atoms with Crippen molar-refractivity contribution in [2.75, 3.05) is 20.6 Å². The van der Waals surface area contributed by atoms with Gasteiger partial charge in [0.2, 0.25) is 6.08 Å². The zero-order chi connectivity index (χ0) is 9.68. The van der Waals surface area contributed by atoms with Crippen molar-refractivity contribution in [3.63, 3.8) is 0 Å². The van der Waals surface area contributed by atoms with Crippen LogP contribution >= 0.6 is 0 Å². The second-order valence-electron chi connectivity index (χ2n) is 2.91. The molecule has 0 fully saturated rings. The SMILES string of the molecule is CN(C)CCc1cc(N=C=O)on1. The van der Waals surface area contributed by atoms with Crippen LogP contribution in [0.15, 0.2) is 15.6 Å². The second kappa shape index (κ2) is 4.54. The molecule has 0 atom stereocenters. The molecule has 0 aliphatic heterocycles. The van der Waals surface area contributed by atoms with Gasteiger partial charge >= 0.3 is 0 Å². The number of hydrogen-bond donors (Lipinski definition) is 0. The highest BCUT2D eigenvalue weighted by Crippen LogP contribution is 2.12. The molecular weight excluding hydrogens is 170 g/mol. The minimum atomic E-state index is 0.212. The third kappa shape index (κ3) is 3.19. The van der Waals surface area contributed by atoms with E-state index < -0.39 is 0 Å². The van der Waals surface area contributed by atoms with Crippen LogP contribution in [0.5, 0.6) is 0 Å². The number of likely N-dealkylation sites (N-methyl/N-ethyl adjacent to an activating group) is 1. The molecule has 0 aliphatic carbocycles. The van der Waals surface area contributed by atoms with E-state index in [-0.39, 0.29) is 5.88 Å². The zero-order valence-electron chi connectivity index (χ0n) is 7.65. The van der Waals surface area contributed by atoms with Gasteiger partial charge in [-0.15, -0.1) is 4.99 Å². The highest BCUT2D eigenvalue weighted by Gasteiger charge is 2.02. The minimum absolute atomic E-state index is 0.212. The summed E-state index contributed by atoms with van der Waals surface area (Å²) >= 11 is 0. The van der Waals surface area contributed by atoms with Crippen molar-refractivity contribution in [1.82, 2.24) is 10.1 Å². The normalized spacial score (nSPS) is 10.1. The molecule has 1 aromatic rings. The summed E-state index contributed by atoms with van der Waals surface area (Å²) in [6.07, 6.45) is 2.18. The lowest BCUT2D eigenvalue weighted by atomic mass is 10.3. The molecule has 0 N–H and O–H groups in total. The lowest BCUT2D eigenvalue weighted by Gasteiger charge is -2.05. The Balaban J connectivity index is 2.53. The fourth-order valence-electron chi connectivity index (χ4n) is 0.854. The lowest BCUT2D eigenvalue weighted by molar-refractivity contribution is 0.392. The number of isocyanates is 1. The van der Waals surface area contributed by atoms with Crippen molar-refractivity contribution in [2.45, 2.75) is 6.42 Å². The molecule has 0 saturated heterocycles.